The van der Waals surface area contributed by atoms with Crippen molar-refractivity contribution in [2.24, 2.45) is 28.4 Å². The summed E-state index contributed by atoms with van der Waals surface area (Å²) in [5.74, 6) is 0.907. The molecule has 6 aliphatic rings. The molecule has 2 unspecified atom stereocenters. The van der Waals surface area contributed by atoms with Crippen molar-refractivity contribution < 1.29 is 19.1 Å². The van der Waals surface area contributed by atoms with Gasteiger partial charge in [-0.05, 0) is 50.5 Å². The van der Waals surface area contributed by atoms with Crippen molar-refractivity contribution in [1.29, 1.82) is 0 Å². The van der Waals surface area contributed by atoms with E-state index < -0.39 is 0 Å². The molecule has 0 aromatic carbocycles. The van der Waals surface area contributed by atoms with Crippen molar-refractivity contribution in [3.63, 3.8) is 0 Å². The van der Waals surface area contributed by atoms with E-state index in [0.717, 1.165) is 38.5 Å². The molecule has 2 N–H and O–H groups in total. The van der Waals surface area contributed by atoms with Gasteiger partial charge in [0.25, 0.3) is 0 Å². The van der Waals surface area contributed by atoms with E-state index in [1.54, 1.807) is 0 Å². The molecular weight excluding hydrogens is 342 g/mol. The predicted molar refractivity (Wildman–Crippen MR) is 97.6 cm³/mol. The Bertz CT molecular complexity index is 806. The number of ether oxygens (including phenoxy) is 2. The van der Waals surface area contributed by atoms with Gasteiger partial charge in [0.1, 0.15) is 11.2 Å². The lowest BCUT2D eigenvalue weighted by Crippen LogP contribution is -2.65. The summed E-state index contributed by atoms with van der Waals surface area (Å²) in [4.78, 5) is 24.1. The fraction of sp³-hybridized carbons (Fsp3) is 0.818. The molecule has 4 aliphatic carbocycles. The molecule has 0 amide bonds. The van der Waals surface area contributed by atoms with Crippen LogP contribution in [0.1, 0.15) is 65.2 Å². The zero-order valence-corrected chi connectivity index (χ0v) is 16.3. The van der Waals surface area contributed by atoms with Gasteiger partial charge in [0.05, 0.1) is 6.10 Å². The van der Waals surface area contributed by atoms with Crippen molar-refractivity contribution in [3.8, 4) is 0 Å². The molecule has 0 bridgehead atoms. The molecule has 5 fully saturated rings. The van der Waals surface area contributed by atoms with Gasteiger partial charge in [-0.3, -0.25) is 9.59 Å². The first kappa shape index (κ1) is 16.7. The van der Waals surface area contributed by atoms with Crippen LogP contribution in [0.3, 0.4) is 0 Å². The standard InChI is InChI=1S/C22H29NO4/c1-19-6-3-13(24)9-12(19)10-15(23)18-14-4-7-21(8-5-17(25)27-21)20(14,2)11-16-22(18,19)26-16/h9,14-16,18H,3-8,10-11,23H2,1-2H3/t14?,15-,16+,18?,19+,20+,21-,22-/m1/s1. The number of carbonyl (C=O) groups is 2. The largest absolute Gasteiger partial charge is 0.458 e. The van der Waals surface area contributed by atoms with Crippen LogP contribution in [0.25, 0.3) is 0 Å². The lowest BCUT2D eigenvalue weighted by Gasteiger charge is -2.58. The second-order valence-electron chi connectivity index (χ2n) is 10.5. The topological polar surface area (TPSA) is 81.9 Å². The summed E-state index contributed by atoms with van der Waals surface area (Å²) in [5, 5.41) is 0. The lowest BCUT2D eigenvalue weighted by atomic mass is 9.45. The van der Waals surface area contributed by atoms with Gasteiger partial charge in [-0.25, -0.2) is 0 Å². The van der Waals surface area contributed by atoms with Crippen molar-refractivity contribution in [2.75, 3.05) is 0 Å². The minimum atomic E-state index is -0.313. The van der Waals surface area contributed by atoms with Gasteiger partial charge in [0.2, 0.25) is 0 Å². The number of ketones is 1. The highest BCUT2D eigenvalue weighted by Crippen LogP contribution is 2.77. The molecule has 0 aromatic rings. The van der Waals surface area contributed by atoms with Gasteiger partial charge in [-0.15, -0.1) is 0 Å². The number of rotatable bonds is 0. The smallest absolute Gasteiger partial charge is 0.306 e. The number of fused-ring (bicyclic) bond motifs is 4. The summed E-state index contributed by atoms with van der Waals surface area (Å²) in [7, 11) is 0. The van der Waals surface area contributed by atoms with Crippen molar-refractivity contribution >= 4 is 11.8 Å². The molecule has 3 saturated carbocycles. The molecular formula is C22H29NO4. The summed E-state index contributed by atoms with van der Waals surface area (Å²) in [6.07, 6.45) is 8.69. The Morgan fingerprint density at radius 2 is 1.96 bits per heavy atom. The summed E-state index contributed by atoms with van der Waals surface area (Å²) >= 11 is 0. The van der Waals surface area contributed by atoms with Crippen LogP contribution in [0.15, 0.2) is 11.6 Å². The average Bonchev–Trinajstić information content (AvgIpc) is 3.09. The van der Waals surface area contributed by atoms with Gasteiger partial charge < -0.3 is 15.2 Å². The fourth-order valence-electron chi connectivity index (χ4n) is 8.36. The zero-order chi connectivity index (χ0) is 18.8. The van der Waals surface area contributed by atoms with E-state index in [0.29, 0.717) is 18.8 Å². The van der Waals surface area contributed by atoms with E-state index in [-0.39, 0.29) is 51.8 Å². The quantitative estimate of drug-likeness (QED) is 0.523. The maximum atomic E-state index is 12.1. The van der Waals surface area contributed by atoms with Gasteiger partial charge in [-0.2, -0.15) is 0 Å². The second-order valence-corrected chi connectivity index (χ2v) is 10.5. The Balaban J connectivity index is 1.45. The molecule has 2 spiro atoms. The van der Waals surface area contributed by atoms with E-state index in [9.17, 15) is 9.59 Å². The first-order valence-electron chi connectivity index (χ1n) is 10.6. The highest BCUT2D eigenvalue weighted by molar-refractivity contribution is 5.92. The minimum absolute atomic E-state index is 0.0112. The predicted octanol–water partition coefficient (Wildman–Crippen LogP) is 2.66. The molecule has 0 radical (unpaired) electrons. The van der Waals surface area contributed by atoms with Crippen molar-refractivity contribution in [1.82, 2.24) is 0 Å². The summed E-state index contributed by atoms with van der Waals surface area (Å²) < 4.78 is 12.6. The average molecular weight is 371 g/mol. The monoisotopic (exact) mass is 371 g/mol. The SMILES string of the molecule is C[C@]12CCC(=O)C=C1C[C@@H](N)C1C3CC[C@@]4(CCC(=O)O4)[C@@]3(C)C[C@@H]3O[C@@]132. The molecule has 6 rings (SSSR count). The number of hydrogen-bond acceptors (Lipinski definition) is 5. The normalized spacial score (nSPS) is 58.1. The van der Waals surface area contributed by atoms with Crippen LogP contribution in [-0.2, 0) is 19.1 Å². The van der Waals surface area contributed by atoms with Gasteiger partial charge in [-0.1, -0.05) is 19.4 Å². The third kappa shape index (κ3) is 1.67. The van der Waals surface area contributed by atoms with Crippen LogP contribution < -0.4 is 5.73 Å². The number of carbonyl (C=O) groups excluding carboxylic acids is 2. The van der Waals surface area contributed by atoms with Crippen LogP contribution in [0, 0.1) is 22.7 Å². The molecule has 2 saturated heterocycles. The molecule has 5 nitrogen and oxygen atoms in total. The fourth-order valence-corrected chi connectivity index (χ4v) is 8.36. The number of epoxide rings is 1. The van der Waals surface area contributed by atoms with E-state index in [1.807, 2.05) is 6.08 Å². The van der Waals surface area contributed by atoms with Crippen LogP contribution in [0.2, 0.25) is 0 Å². The maximum Gasteiger partial charge on any atom is 0.306 e. The van der Waals surface area contributed by atoms with Crippen molar-refractivity contribution in [2.45, 2.75) is 88.6 Å². The van der Waals surface area contributed by atoms with E-state index in [4.69, 9.17) is 15.2 Å². The van der Waals surface area contributed by atoms with Crippen LogP contribution in [0.4, 0.5) is 0 Å². The molecule has 8 atom stereocenters. The van der Waals surface area contributed by atoms with Crippen LogP contribution >= 0.6 is 0 Å². The maximum absolute atomic E-state index is 12.1. The Kier molecular flexibility index (Phi) is 2.90. The molecule has 2 heterocycles. The number of hydrogen-bond donors (Lipinski definition) is 1. The van der Waals surface area contributed by atoms with Crippen molar-refractivity contribution in [3.05, 3.63) is 11.6 Å². The first-order valence-corrected chi connectivity index (χ1v) is 10.6. The number of esters is 1. The summed E-state index contributed by atoms with van der Waals surface area (Å²) in [5.41, 5.74) is 7.37. The number of nitrogens with two attached hydrogens (primary N) is 1. The highest BCUT2D eigenvalue weighted by atomic mass is 16.6. The van der Waals surface area contributed by atoms with Gasteiger partial charge >= 0.3 is 5.97 Å². The van der Waals surface area contributed by atoms with Gasteiger partial charge in [0.15, 0.2) is 5.78 Å². The van der Waals surface area contributed by atoms with E-state index in [1.165, 1.54) is 5.57 Å². The Morgan fingerprint density at radius 3 is 2.70 bits per heavy atom. The molecule has 0 aromatic heterocycles. The first-order chi connectivity index (χ1) is 12.8. The molecule has 2 aliphatic heterocycles. The Labute approximate surface area is 160 Å². The van der Waals surface area contributed by atoms with Crippen LogP contribution in [0.5, 0.6) is 0 Å². The van der Waals surface area contributed by atoms with E-state index in [2.05, 4.69) is 13.8 Å². The summed E-state index contributed by atoms with van der Waals surface area (Å²) in [6.45, 7) is 4.65. The minimum Gasteiger partial charge on any atom is -0.458 e. The van der Waals surface area contributed by atoms with Gasteiger partial charge in [0, 0.05) is 35.6 Å². The lowest BCUT2D eigenvalue weighted by molar-refractivity contribution is -0.164. The molecule has 146 valence electrons. The van der Waals surface area contributed by atoms with E-state index >= 15 is 0 Å². The zero-order valence-electron chi connectivity index (χ0n) is 16.3. The molecule has 27 heavy (non-hydrogen) atoms. The Morgan fingerprint density at radius 1 is 1.15 bits per heavy atom. The second kappa shape index (κ2) is 4.68. The third-order valence-electron chi connectivity index (χ3n) is 9.75. The highest BCUT2D eigenvalue weighted by Gasteiger charge is 2.82. The molecule has 5 heteroatoms. The van der Waals surface area contributed by atoms with Crippen LogP contribution in [-0.4, -0.2) is 35.1 Å². The Hall–Kier alpha value is -1.20. The summed E-state index contributed by atoms with van der Waals surface area (Å²) in [6, 6.07) is 0.0112. The third-order valence-corrected chi connectivity index (χ3v) is 9.75.